The fourth-order valence-corrected chi connectivity index (χ4v) is 2.57. The predicted molar refractivity (Wildman–Crippen MR) is 77.8 cm³/mol. The van der Waals surface area contributed by atoms with Gasteiger partial charge in [-0.15, -0.1) is 0 Å². The molecule has 0 radical (unpaired) electrons. The summed E-state index contributed by atoms with van der Waals surface area (Å²) in [6.07, 6.45) is 1.51. The van der Waals surface area contributed by atoms with Crippen molar-refractivity contribution in [1.82, 2.24) is 0 Å². The molecule has 1 aromatic carbocycles. The fraction of sp³-hybridized carbons (Fsp3) is 0.214. The summed E-state index contributed by atoms with van der Waals surface area (Å²) < 4.78 is 22.2. The van der Waals surface area contributed by atoms with Gasteiger partial charge in [0.25, 0.3) is 0 Å². The van der Waals surface area contributed by atoms with Gasteiger partial charge in [-0.1, -0.05) is 0 Å². The van der Waals surface area contributed by atoms with Crippen molar-refractivity contribution in [2.45, 2.75) is 6.92 Å². The Hall–Kier alpha value is -1.95. The van der Waals surface area contributed by atoms with Crippen LogP contribution in [0.2, 0.25) is 0 Å². The lowest BCUT2D eigenvalue weighted by atomic mass is 10.1. The van der Waals surface area contributed by atoms with Crippen LogP contribution in [0, 0.1) is 6.92 Å². The fourth-order valence-electron chi connectivity index (χ4n) is 2.29. The molecule has 3 aromatic rings. The number of halogens is 1. The van der Waals surface area contributed by atoms with Gasteiger partial charge in [-0.3, -0.25) is 4.79 Å². The maximum Gasteiger partial charge on any atom is 0.211 e. The van der Waals surface area contributed by atoms with Gasteiger partial charge in [0, 0.05) is 0 Å². The summed E-state index contributed by atoms with van der Waals surface area (Å²) in [7, 11) is 3.00. The standard InChI is InChI=1S/C14H11BrO5/c1-6-9(15)10(16)8-11(17-2)7-4-5-19-12(7)14(18-3)13(8)20-6/h4-5H,1-3H3. The molecule has 0 aliphatic carbocycles. The Morgan fingerprint density at radius 3 is 2.50 bits per heavy atom. The van der Waals surface area contributed by atoms with Gasteiger partial charge < -0.3 is 18.3 Å². The highest BCUT2D eigenvalue weighted by molar-refractivity contribution is 9.10. The van der Waals surface area contributed by atoms with Crippen LogP contribution in [0.15, 0.2) is 30.4 Å². The first-order chi connectivity index (χ1) is 9.60. The number of hydrogen-bond acceptors (Lipinski definition) is 5. The maximum absolute atomic E-state index is 12.5. The number of furan rings is 1. The normalized spacial score (nSPS) is 11.2. The van der Waals surface area contributed by atoms with E-state index < -0.39 is 0 Å². The largest absolute Gasteiger partial charge is 0.495 e. The average Bonchev–Trinajstić information content (AvgIpc) is 2.91. The lowest BCUT2D eigenvalue weighted by Gasteiger charge is -2.11. The van der Waals surface area contributed by atoms with Crippen molar-refractivity contribution in [1.29, 1.82) is 0 Å². The zero-order valence-electron chi connectivity index (χ0n) is 11.1. The van der Waals surface area contributed by atoms with E-state index in [4.69, 9.17) is 18.3 Å². The molecule has 104 valence electrons. The van der Waals surface area contributed by atoms with Crippen LogP contribution in [0.5, 0.6) is 11.5 Å². The second-order valence-corrected chi connectivity index (χ2v) is 5.03. The Labute approximate surface area is 122 Å². The molecule has 0 atom stereocenters. The molecule has 0 aliphatic heterocycles. The van der Waals surface area contributed by atoms with E-state index in [2.05, 4.69) is 15.9 Å². The van der Waals surface area contributed by atoms with Crippen LogP contribution in [-0.4, -0.2) is 14.2 Å². The molecule has 6 heteroatoms. The minimum Gasteiger partial charge on any atom is -0.495 e. The molecule has 2 heterocycles. The van der Waals surface area contributed by atoms with Crippen molar-refractivity contribution >= 4 is 37.9 Å². The Morgan fingerprint density at radius 1 is 1.15 bits per heavy atom. The number of aryl methyl sites for hydroxylation is 1. The minimum absolute atomic E-state index is 0.206. The van der Waals surface area contributed by atoms with E-state index in [0.29, 0.717) is 43.7 Å². The van der Waals surface area contributed by atoms with Gasteiger partial charge in [0.1, 0.15) is 21.4 Å². The number of ether oxygens (including phenoxy) is 2. The van der Waals surface area contributed by atoms with Crippen molar-refractivity contribution in [2.75, 3.05) is 14.2 Å². The molecule has 0 fully saturated rings. The van der Waals surface area contributed by atoms with Crippen LogP contribution in [0.3, 0.4) is 0 Å². The summed E-state index contributed by atoms with van der Waals surface area (Å²) in [5.41, 5.74) is 0.598. The zero-order valence-corrected chi connectivity index (χ0v) is 12.7. The number of hydrogen-bond donors (Lipinski definition) is 0. The van der Waals surface area contributed by atoms with Crippen LogP contribution in [0.25, 0.3) is 21.9 Å². The van der Waals surface area contributed by atoms with Gasteiger partial charge in [-0.25, -0.2) is 0 Å². The Bertz CT molecular complexity index is 875. The summed E-state index contributed by atoms with van der Waals surface area (Å²) in [5, 5.41) is 0.996. The summed E-state index contributed by atoms with van der Waals surface area (Å²) in [5.74, 6) is 1.27. The first kappa shape index (κ1) is 13.1. The lowest BCUT2D eigenvalue weighted by molar-refractivity contribution is 0.398. The second kappa shape index (κ2) is 4.56. The third kappa shape index (κ3) is 1.57. The zero-order chi connectivity index (χ0) is 14.4. The lowest BCUT2D eigenvalue weighted by Crippen LogP contribution is -2.07. The topological polar surface area (TPSA) is 61.8 Å². The smallest absolute Gasteiger partial charge is 0.211 e. The van der Waals surface area contributed by atoms with Crippen LogP contribution < -0.4 is 14.9 Å². The van der Waals surface area contributed by atoms with Crippen molar-refractivity contribution in [3.63, 3.8) is 0 Å². The highest BCUT2D eigenvalue weighted by Gasteiger charge is 2.23. The van der Waals surface area contributed by atoms with Crippen LogP contribution in [0.4, 0.5) is 0 Å². The van der Waals surface area contributed by atoms with Gasteiger partial charge in [0.05, 0.1) is 25.9 Å². The van der Waals surface area contributed by atoms with Crippen molar-refractivity contribution in [2.24, 2.45) is 0 Å². The second-order valence-electron chi connectivity index (χ2n) is 4.24. The van der Waals surface area contributed by atoms with E-state index in [-0.39, 0.29) is 5.43 Å². The Morgan fingerprint density at radius 2 is 1.85 bits per heavy atom. The first-order valence-corrected chi connectivity index (χ1v) is 6.63. The van der Waals surface area contributed by atoms with E-state index in [0.717, 1.165) is 0 Å². The van der Waals surface area contributed by atoms with E-state index >= 15 is 0 Å². The third-order valence-corrected chi connectivity index (χ3v) is 4.09. The van der Waals surface area contributed by atoms with Gasteiger partial charge >= 0.3 is 0 Å². The number of fused-ring (bicyclic) bond motifs is 2. The van der Waals surface area contributed by atoms with E-state index in [1.165, 1.54) is 20.5 Å². The van der Waals surface area contributed by atoms with Gasteiger partial charge in [-0.2, -0.15) is 0 Å². The van der Waals surface area contributed by atoms with Gasteiger partial charge in [0.15, 0.2) is 11.2 Å². The summed E-state index contributed by atoms with van der Waals surface area (Å²) in [6.45, 7) is 1.70. The van der Waals surface area contributed by atoms with Gasteiger partial charge in [-0.05, 0) is 28.9 Å². The average molecular weight is 339 g/mol. The molecule has 2 aromatic heterocycles. The van der Waals surface area contributed by atoms with Crippen LogP contribution in [0.1, 0.15) is 5.76 Å². The quantitative estimate of drug-likeness (QED) is 0.714. The molecule has 5 nitrogen and oxygen atoms in total. The van der Waals surface area contributed by atoms with Crippen molar-refractivity contribution < 1.29 is 18.3 Å². The van der Waals surface area contributed by atoms with E-state index in [9.17, 15) is 4.79 Å². The molecule has 3 rings (SSSR count). The molecule has 20 heavy (non-hydrogen) atoms. The molecular weight excluding hydrogens is 328 g/mol. The highest BCUT2D eigenvalue weighted by Crippen LogP contribution is 2.42. The summed E-state index contributed by atoms with van der Waals surface area (Å²) >= 11 is 3.24. The Balaban J connectivity index is 2.70. The Kier molecular flexibility index (Phi) is 2.97. The number of benzene rings is 1. The molecule has 0 saturated heterocycles. The van der Waals surface area contributed by atoms with E-state index in [1.54, 1.807) is 13.0 Å². The number of methoxy groups -OCH3 is 2. The van der Waals surface area contributed by atoms with Crippen LogP contribution in [-0.2, 0) is 0 Å². The highest BCUT2D eigenvalue weighted by atomic mass is 79.9. The molecule has 0 spiro atoms. The molecule has 0 unspecified atom stereocenters. The maximum atomic E-state index is 12.5. The van der Waals surface area contributed by atoms with Crippen molar-refractivity contribution in [3.05, 3.63) is 32.8 Å². The van der Waals surface area contributed by atoms with Gasteiger partial charge in [0.2, 0.25) is 11.2 Å². The van der Waals surface area contributed by atoms with E-state index in [1.807, 2.05) is 0 Å². The molecular formula is C14H11BrO5. The predicted octanol–water partition coefficient (Wildman–Crippen LogP) is 3.63. The SMILES string of the molecule is COc1c2occc2c(OC)c2c(=O)c(Br)c(C)oc12. The molecule has 0 N–H and O–H groups in total. The monoisotopic (exact) mass is 338 g/mol. The molecule has 0 saturated carbocycles. The first-order valence-electron chi connectivity index (χ1n) is 5.84. The molecule has 0 bridgehead atoms. The molecule has 0 aliphatic rings. The van der Waals surface area contributed by atoms with Crippen LogP contribution >= 0.6 is 15.9 Å². The summed E-state index contributed by atoms with van der Waals surface area (Å²) in [4.78, 5) is 12.5. The molecule has 0 amide bonds. The van der Waals surface area contributed by atoms with Crippen molar-refractivity contribution in [3.8, 4) is 11.5 Å². The summed E-state index contributed by atoms with van der Waals surface area (Å²) in [6, 6.07) is 1.73. The number of rotatable bonds is 2. The minimum atomic E-state index is -0.206. The third-order valence-electron chi connectivity index (χ3n) is 3.18.